The summed E-state index contributed by atoms with van der Waals surface area (Å²) in [6.45, 7) is 7.38. The average molecular weight is 437 g/mol. The predicted molar refractivity (Wildman–Crippen MR) is 120 cm³/mol. The summed E-state index contributed by atoms with van der Waals surface area (Å²) in [5.74, 6) is -0.102. The Kier molecular flexibility index (Phi) is 6.65. The molecule has 168 valence electrons. The van der Waals surface area contributed by atoms with Gasteiger partial charge in [-0.3, -0.25) is 14.9 Å². The lowest BCUT2D eigenvalue weighted by Crippen LogP contribution is -2.42. The molecule has 32 heavy (non-hydrogen) atoms. The SMILES string of the molecule is Cc1cc(Cc2ccccc2F)cc([C@@H]2CN(C(=O)CCc3c(C)n[nH]c3C)CCO2)n1. The van der Waals surface area contributed by atoms with Gasteiger partial charge in [0.1, 0.15) is 11.9 Å². The summed E-state index contributed by atoms with van der Waals surface area (Å²) >= 11 is 0. The molecule has 3 aromatic rings. The highest BCUT2D eigenvalue weighted by Crippen LogP contribution is 2.24. The van der Waals surface area contributed by atoms with Crippen molar-refractivity contribution in [2.45, 2.75) is 46.1 Å². The highest BCUT2D eigenvalue weighted by molar-refractivity contribution is 5.76. The van der Waals surface area contributed by atoms with Crippen molar-refractivity contribution in [2.75, 3.05) is 19.7 Å². The first-order chi connectivity index (χ1) is 15.4. The number of ether oxygens (including phenoxy) is 1. The second-order valence-electron chi connectivity index (χ2n) is 8.42. The summed E-state index contributed by atoms with van der Waals surface area (Å²) in [5, 5.41) is 7.18. The number of carbonyl (C=O) groups excluding carboxylic acids is 1. The number of benzene rings is 1. The van der Waals surface area contributed by atoms with Crippen molar-refractivity contribution in [1.82, 2.24) is 20.1 Å². The van der Waals surface area contributed by atoms with Gasteiger partial charge in [-0.25, -0.2) is 4.39 Å². The minimum atomic E-state index is -0.288. The first-order valence-corrected chi connectivity index (χ1v) is 11.0. The van der Waals surface area contributed by atoms with Crippen LogP contribution < -0.4 is 0 Å². The number of halogens is 1. The van der Waals surface area contributed by atoms with Crippen LogP contribution in [0.1, 0.15) is 52.0 Å². The van der Waals surface area contributed by atoms with Gasteiger partial charge in [-0.15, -0.1) is 0 Å². The number of rotatable bonds is 6. The largest absolute Gasteiger partial charge is 0.368 e. The topological polar surface area (TPSA) is 71.1 Å². The Morgan fingerprint density at radius 1 is 1.25 bits per heavy atom. The number of morpholine rings is 1. The molecular weight excluding hydrogens is 407 g/mol. The Hall–Kier alpha value is -3.06. The van der Waals surface area contributed by atoms with Crippen LogP contribution >= 0.6 is 0 Å². The highest BCUT2D eigenvalue weighted by Gasteiger charge is 2.27. The number of carbonyl (C=O) groups is 1. The zero-order valence-corrected chi connectivity index (χ0v) is 18.8. The predicted octanol–water partition coefficient (Wildman–Crippen LogP) is 3.99. The monoisotopic (exact) mass is 436 g/mol. The number of nitrogens with zero attached hydrogens (tertiary/aromatic N) is 3. The molecule has 0 saturated carbocycles. The van der Waals surface area contributed by atoms with Crippen LogP contribution in [0.5, 0.6) is 0 Å². The summed E-state index contributed by atoms with van der Waals surface area (Å²) in [6, 6.07) is 10.7. The molecule has 2 aromatic heterocycles. The average Bonchev–Trinajstić information content (AvgIpc) is 3.10. The van der Waals surface area contributed by atoms with Crippen molar-refractivity contribution < 1.29 is 13.9 Å². The second kappa shape index (κ2) is 9.61. The molecular formula is C25H29FN4O2. The number of aromatic amines is 1. The molecule has 0 radical (unpaired) electrons. The number of hydrogen-bond donors (Lipinski definition) is 1. The third-order valence-corrected chi connectivity index (χ3v) is 6.00. The zero-order valence-electron chi connectivity index (χ0n) is 18.8. The molecule has 1 atom stereocenters. The molecule has 0 spiro atoms. The molecule has 1 aliphatic heterocycles. The van der Waals surface area contributed by atoms with Crippen molar-refractivity contribution in [2.24, 2.45) is 0 Å². The summed E-state index contributed by atoms with van der Waals surface area (Å²) in [4.78, 5) is 19.4. The fourth-order valence-corrected chi connectivity index (χ4v) is 4.28. The summed E-state index contributed by atoms with van der Waals surface area (Å²) < 4.78 is 20.1. The van der Waals surface area contributed by atoms with Crippen molar-refractivity contribution in [3.05, 3.63) is 81.7 Å². The quantitative estimate of drug-likeness (QED) is 0.634. The first-order valence-electron chi connectivity index (χ1n) is 11.0. The number of pyridine rings is 1. The molecule has 1 aromatic carbocycles. The summed E-state index contributed by atoms with van der Waals surface area (Å²) in [6.07, 6.45) is 1.31. The van der Waals surface area contributed by atoms with Crippen LogP contribution in [0.3, 0.4) is 0 Å². The molecule has 0 unspecified atom stereocenters. The summed E-state index contributed by atoms with van der Waals surface area (Å²) in [7, 11) is 0. The highest BCUT2D eigenvalue weighted by atomic mass is 19.1. The first kappa shape index (κ1) is 22.1. The van der Waals surface area contributed by atoms with Gasteiger partial charge < -0.3 is 9.64 Å². The van der Waals surface area contributed by atoms with Gasteiger partial charge in [-0.1, -0.05) is 18.2 Å². The van der Waals surface area contributed by atoms with E-state index in [1.165, 1.54) is 6.07 Å². The van der Waals surface area contributed by atoms with Crippen LogP contribution in [-0.4, -0.2) is 45.7 Å². The number of nitrogens with one attached hydrogen (secondary N) is 1. The fourth-order valence-electron chi connectivity index (χ4n) is 4.28. The minimum absolute atomic E-state index is 0.109. The van der Waals surface area contributed by atoms with Crippen LogP contribution in [-0.2, 0) is 22.4 Å². The van der Waals surface area contributed by atoms with Crippen LogP contribution in [0.25, 0.3) is 0 Å². The van der Waals surface area contributed by atoms with Gasteiger partial charge in [0.15, 0.2) is 0 Å². The molecule has 1 amide bonds. The van der Waals surface area contributed by atoms with Gasteiger partial charge in [-0.2, -0.15) is 5.10 Å². The van der Waals surface area contributed by atoms with Gasteiger partial charge in [-0.05, 0) is 62.1 Å². The molecule has 3 heterocycles. The van der Waals surface area contributed by atoms with Crippen LogP contribution in [0.15, 0.2) is 36.4 Å². The Labute approximate surface area is 187 Å². The number of aromatic nitrogens is 3. The molecule has 1 fully saturated rings. The maximum absolute atomic E-state index is 14.1. The van der Waals surface area contributed by atoms with Crippen molar-refractivity contribution >= 4 is 5.91 Å². The zero-order chi connectivity index (χ0) is 22.7. The van der Waals surface area contributed by atoms with Gasteiger partial charge in [0, 0.05) is 30.8 Å². The number of aryl methyl sites for hydroxylation is 3. The Balaban J connectivity index is 1.44. The molecule has 6 nitrogen and oxygen atoms in total. The maximum atomic E-state index is 14.1. The van der Waals surface area contributed by atoms with Crippen LogP contribution in [0.4, 0.5) is 4.39 Å². The Bertz CT molecular complexity index is 1090. The van der Waals surface area contributed by atoms with Crippen molar-refractivity contribution in [1.29, 1.82) is 0 Å². The number of H-pyrrole nitrogens is 1. The van der Waals surface area contributed by atoms with E-state index in [0.29, 0.717) is 44.5 Å². The minimum Gasteiger partial charge on any atom is -0.368 e. The van der Waals surface area contributed by atoms with E-state index in [1.807, 2.05) is 43.9 Å². The standard InChI is InChI=1S/C25H29FN4O2/c1-16-12-19(13-20-6-4-5-7-22(20)26)14-23(27-16)24-15-30(10-11-32-24)25(31)9-8-21-17(2)28-29-18(21)3/h4-7,12,14,24H,8-11,13,15H2,1-3H3,(H,28,29)/t24-/m0/s1. The molecule has 1 N–H and O–H groups in total. The lowest BCUT2D eigenvalue weighted by molar-refractivity contribution is -0.139. The van der Waals surface area contributed by atoms with Gasteiger partial charge >= 0.3 is 0 Å². The number of amides is 1. The Morgan fingerprint density at radius 2 is 2.06 bits per heavy atom. The smallest absolute Gasteiger partial charge is 0.223 e. The molecule has 1 aliphatic rings. The number of hydrogen-bond acceptors (Lipinski definition) is 4. The van der Waals surface area contributed by atoms with E-state index in [4.69, 9.17) is 4.74 Å². The van der Waals surface area contributed by atoms with E-state index in [-0.39, 0.29) is 17.8 Å². The van der Waals surface area contributed by atoms with E-state index in [9.17, 15) is 9.18 Å². The van der Waals surface area contributed by atoms with Crippen LogP contribution in [0, 0.1) is 26.6 Å². The molecule has 0 aliphatic carbocycles. The van der Waals surface area contributed by atoms with Crippen LogP contribution in [0.2, 0.25) is 0 Å². The molecule has 1 saturated heterocycles. The van der Waals surface area contributed by atoms with E-state index in [1.54, 1.807) is 12.1 Å². The van der Waals surface area contributed by atoms with E-state index in [0.717, 1.165) is 33.9 Å². The summed E-state index contributed by atoms with van der Waals surface area (Å²) in [5.41, 5.74) is 6.34. The molecule has 4 rings (SSSR count). The van der Waals surface area contributed by atoms with E-state index >= 15 is 0 Å². The second-order valence-corrected chi connectivity index (χ2v) is 8.42. The van der Waals surface area contributed by atoms with Crippen molar-refractivity contribution in [3.63, 3.8) is 0 Å². The third-order valence-electron chi connectivity index (χ3n) is 6.00. The van der Waals surface area contributed by atoms with Gasteiger partial charge in [0.25, 0.3) is 0 Å². The van der Waals surface area contributed by atoms with E-state index in [2.05, 4.69) is 15.2 Å². The molecule has 0 bridgehead atoms. The lowest BCUT2D eigenvalue weighted by Gasteiger charge is -2.33. The third kappa shape index (κ3) is 5.05. The normalized spacial score (nSPS) is 16.4. The fraction of sp³-hybridized carbons (Fsp3) is 0.400. The van der Waals surface area contributed by atoms with Crippen molar-refractivity contribution in [3.8, 4) is 0 Å². The van der Waals surface area contributed by atoms with E-state index < -0.39 is 0 Å². The van der Waals surface area contributed by atoms with Gasteiger partial charge in [0.2, 0.25) is 5.91 Å². The Morgan fingerprint density at radius 3 is 2.81 bits per heavy atom. The molecule has 7 heteroatoms. The maximum Gasteiger partial charge on any atom is 0.223 e. The van der Waals surface area contributed by atoms with Gasteiger partial charge in [0.05, 0.1) is 24.5 Å². The lowest BCUT2D eigenvalue weighted by atomic mass is 10.0.